The van der Waals surface area contributed by atoms with Crippen LogP contribution in [-0.2, 0) is 7.05 Å². The summed E-state index contributed by atoms with van der Waals surface area (Å²) in [6.45, 7) is 1.78. The summed E-state index contributed by atoms with van der Waals surface area (Å²) in [6.07, 6.45) is 1.51. The molecule has 0 radical (unpaired) electrons. The summed E-state index contributed by atoms with van der Waals surface area (Å²) in [6, 6.07) is 6.14. The lowest BCUT2D eigenvalue weighted by Crippen LogP contribution is -2.10. The maximum absolute atomic E-state index is 13.6. The van der Waals surface area contributed by atoms with Crippen LogP contribution in [0.5, 0.6) is 0 Å². The second-order valence-electron chi connectivity index (χ2n) is 3.65. The highest BCUT2D eigenvalue weighted by molar-refractivity contribution is 6.08. The molecule has 82 valence electrons. The lowest BCUT2D eigenvalue weighted by Gasteiger charge is -2.03. The molecule has 16 heavy (non-hydrogen) atoms. The van der Waals surface area contributed by atoms with E-state index in [2.05, 4.69) is 5.10 Å². The van der Waals surface area contributed by atoms with Gasteiger partial charge in [-0.25, -0.2) is 4.39 Å². The molecular formula is C12H11FN2O. The van der Waals surface area contributed by atoms with Crippen molar-refractivity contribution >= 4 is 5.78 Å². The predicted molar refractivity (Wildman–Crippen MR) is 57.8 cm³/mol. The molecule has 4 heteroatoms. The molecule has 0 N–H and O–H groups in total. The molecule has 0 aliphatic heterocycles. The zero-order valence-corrected chi connectivity index (χ0v) is 9.07. The number of carbonyl (C=O) groups is 1. The maximum atomic E-state index is 13.6. The Morgan fingerprint density at radius 2 is 2.12 bits per heavy atom. The molecule has 2 aromatic rings. The van der Waals surface area contributed by atoms with Crippen LogP contribution >= 0.6 is 0 Å². The van der Waals surface area contributed by atoms with Crippen molar-refractivity contribution in [1.82, 2.24) is 9.78 Å². The molecule has 3 nitrogen and oxygen atoms in total. The van der Waals surface area contributed by atoms with Crippen molar-refractivity contribution in [2.24, 2.45) is 7.05 Å². The average Bonchev–Trinajstić information content (AvgIpc) is 2.63. The highest BCUT2D eigenvalue weighted by Crippen LogP contribution is 2.14. The fraction of sp³-hybridized carbons (Fsp3) is 0.167. The van der Waals surface area contributed by atoms with Crippen molar-refractivity contribution in [3.63, 3.8) is 0 Å². The molecule has 0 bridgehead atoms. The monoisotopic (exact) mass is 218 g/mol. The van der Waals surface area contributed by atoms with Gasteiger partial charge in [0.1, 0.15) is 11.5 Å². The van der Waals surface area contributed by atoms with Crippen molar-refractivity contribution in [2.75, 3.05) is 0 Å². The van der Waals surface area contributed by atoms with Crippen LogP contribution in [0.1, 0.15) is 21.6 Å². The van der Waals surface area contributed by atoms with Crippen LogP contribution < -0.4 is 0 Å². The summed E-state index contributed by atoms with van der Waals surface area (Å²) < 4.78 is 15.0. The Balaban J connectivity index is 2.46. The molecule has 1 aromatic carbocycles. The van der Waals surface area contributed by atoms with Gasteiger partial charge < -0.3 is 0 Å². The highest BCUT2D eigenvalue weighted by Gasteiger charge is 2.16. The van der Waals surface area contributed by atoms with Crippen molar-refractivity contribution in [3.05, 3.63) is 53.1 Å². The molecule has 0 fully saturated rings. The number of carbonyl (C=O) groups excluding carboxylic acids is 1. The zero-order valence-electron chi connectivity index (χ0n) is 9.07. The van der Waals surface area contributed by atoms with Crippen molar-refractivity contribution in [3.8, 4) is 0 Å². The number of aryl methyl sites for hydroxylation is 2. The van der Waals surface area contributed by atoms with Crippen LogP contribution in [0.3, 0.4) is 0 Å². The summed E-state index contributed by atoms with van der Waals surface area (Å²) >= 11 is 0. The normalized spacial score (nSPS) is 10.4. The first-order chi connectivity index (χ1) is 7.59. The Bertz CT molecular complexity index is 546. The molecule has 0 unspecified atom stereocenters. The van der Waals surface area contributed by atoms with E-state index in [1.165, 1.54) is 23.0 Å². The number of halogens is 1. The number of benzene rings is 1. The van der Waals surface area contributed by atoms with Gasteiger partial charge in [-0.3, -0.25) is 9.48 Å². The molecule has 1 aromatic heterocycles. The first kappa shape index (κ1) is 10.5. The van der Waals surface area contributed by atoms with Gasteiger partial charge in [0.15, 0.2) is 0 Å². The van der Waals surface area contributed by atoms with Gasteiger partial charge in [0.05, 0.1) is 5.56 Å². The quantitative estimate of drug-likeness (QED) is 0.723. The molecule has 0 aliphatic carbocycles. The molecule has 0 aliphatic rings. The van der Waals surface area contributed by atoms with Gasteiger partial charge in [-0.15, -0.1) is 0 Å². The molecule has 2 rings (SSSR count). The number of hydrogen-bond acceptors (Lipinski definition) is 2. The minimum Gasteiger partial charge on any atom is -0.287 e. The van der Waals surface area contributed by atoms with Crippen LogP contribution in [0, 0.1) is 12.7 Å². The van der Waals surface area contributed by atoms with Gasteiger partial charge in [-0.2, -0.15) is 5.10 Å². The smallest absolute Gasteiger partial charge is 0.213 e. The minimum atomic E-state index is -0.494. The number of aromatic nitrogens is 2. The molecule has 0 saturated heterocycles. The topological polar surface area (TPSA) is 34.9 Å². The van der Waals surface area contributed by atoms with Crippen LogP contribution in [0.15, 0.2) is 30.5 Å². The summed E-state index contributed by atoms with van der Waals surface area (Å²) in [5, 5.41) is 3.88. The fourth-order valence-corrected chi connectivity index (χ4v) is 1.54. The number of hydrogen-bond donors (Lipinski definition) is 0. The van der Waals surface area contributed by atoms with Crippen molar-refractivity contribution < 1.29 is 9.18 Å². The first-order valence-electron chi connectivity index (χ1n) is 4.88. The van der Waals surface area contributed by atoms with Gasteiger partial charge in [-0.05, 0) is 30.7 Å². The zero-order chi connectivity index (χ0) is 11.7. The molecule has 0 atom stereocenters. The Morgan fingerprint density at radius 3 is 2.69 bits per heavy atom. The van der Waals surface area contributed by atoms with Gasteiger partial charge >= 0.3 is 0 Å². The third-order valence-electron chi connectivity index (χ3n) is 2.42. The molecule has 1 heterocycles. The van der Waals surface area contributed by atoms with E-state index >= 15 is 0 Å². The lowest BCUT2D eigenvalue weighted by molar-refractivity contribution is 0.102. The van der Waals surface area contributed by atoms with Gasteiger partial charge in [-0.1, -0.05) is 6.07 Å². The second kappa shape index (κ2) is 3.89. The fourth-order valence-electron chi connectivity index (χ4n) is 1.54. The molecule has 0 amide bonds. The minimum absolute atomic E-state index is 0.0780. The van der Waals surface area contributed by atoms with Crippen LogP contribution in [0.4, 0.5) is 4.39 Å². The van der Waals surface area contributed by atoms with Gasteiger partial charge in [0.2, 0.25) is 5.78 Å². The molecular weight excluding hydrogens is 207 g/mol. The number of nitrogens with zero attached hydrogens (tertiary/aromatic N) is 2. The van der Waals surface area contributed by atoms with E-state index in [0.29, 0.717) is 5.69 Å². The average molecular weight is 218 g/mol. The highest BCUT2D eigenvalue weighted by atomic mass is 19.1. The van der Waals surface area contributed by atoms with Crippen molar-refractivity contribution in [1.29, 1.82) is 0 Å². The van der Waals surface area contributed by atoms with E-state index in [4.69, 9.17) is 0 Å². The Hall–Kier alpha value is -1.97. The van der Waals surface area contributed by atoms with Gasteiger partial charge in [0, 0.05) is 13.2 Å². The molecule has 0 saturated carbocycles. The summed E-state index contributed by atoms with van der Waals surface area (Å²) in [5.74, 6) is -0.844. The Morgan fingerprint density at radius 1 is 1.38 bits per heavy atom. The number of ketones is 1. The van der Waals surface area contributed by atoms with E-state index in [1.54, 1.807) is 26.1 Å². The second-order valence-corrected chi connectivity index (χ2v) is 3.65. The molecule has 0 spiro atoms. The summed E-state index contributed by atoms with van der Waals surface area (Å²) in [7, 11) is 1.65. The van der Waals surface area contributed by atoms with Crippen LogP contribution in [0.25, 0.3) is 0 Å². The largest absolute Gasteiger partial charge is 0.287 e. The van der Waals surface area contributed by atoms with E-state index < -0.39 is 5.82 Å². The summed E-state index contributed by atoms with van der Waals surface area (Å²) in [5.41, 5.74) is 1.25. The van der Waals surface area contributed by atoms with Crippen LogP contribution in [0.2, 0.25) is 0 Å². The summed E-state index contributed by atoms with van der Waals surface area (Å²) in [4.78, 5) is 12.0. The van der Waals surface area contributed by atoms with Crippen LogP contribution in [-0.4, -0.2) is 15.6 Å². The first-order valence-corrected chi connectivity index (χ1v) is 4.88. The van der Waals surface area contributed by atoms with Gasteiger partial charge in [0.25, 0.3) is 0 Å². The third-order valence-corrected chi connectivity index (χ3v) is 2.42. The Kier molecular flexibility index (Phi) is 2.56. The lowest BCUT2D eigenvalue weighted by atomic mass is 10.1. The standard InChI is InChI=1S/C12H11FN2O/c1-8-3-4-9(10(13)7-8)12(16)11-5-6-14-15(11)2/h3-7H,1-2H3. The maximum Gasteiger partial charge on any atom is 0.213 e. The van der Waals surface area contributed by atoms with E-state index in [1.807, 2.05) is 0 Å². The van der Waals surface area contributed by atoms with E-state index in [0.717, 1.165) is 5.56 Å². The third kappa shape index (κ3) is 1.74. The van der Waals surface area contributed by atoms with E-state index in [-0.39, 0.29) is 11.3 Å². The predicted octanol–water partition coefficient (Wildman–Crippen LogP) is 2.10. The van der Waals surface area contributed by atoms with Crippen molar-refractivity contribution in [2.45, 2.75) is 6.92 Å². The SMILES string of the molecule is Cc1ccc(C(=O)c2ccnn2C)c(F)c1. The Labute approximate surface area is 92.5 Å². The van der Waals surface area contributed by atoms with E-state index in [9.17, 15) is 9.18 Å². The number of rotatable bonds is 2.